The lowest BCUT2D eigenvalue weighted by molar-refractivity contribution is -0.137. The average Bonchev–Trinajstić information content (AvgIpc) is 3.52. The number of nitrogens with zero attached hydrogens (tertiary/aromatic N) is 3. The van der Waals surface area contributed by atoms with Gasteiger partial charge in [0.1, 0.15) is 27.4 Å². The highest BCUT2D eigenvalue weighted by atomic mass is 79.9. The quantitative estimate of drug-likeness (QED) is 0.306. The lowest BCUT2D eigenvalue weighted by Gasteiger charge is -2.23. The number of aromatic nitrogens is 3. The Hall–Kier alpha value is -2.22. The lowest BCUT2D eigenvalue weighted by atomic mass is 9.91. The van der Waals surface area contributed by atoms with E-state index in [1.165, 1.54) is 16.8 Å². The van der Waals surface area contributed by atoms with Crippen molar-refractivity contribution >= 4 is 56.3 Å². The topological polar surface area (TPSA) is 106 Å². The van der Waals surface area contributed by atoms with E-state index in [1.807, 2.05) is 0 Å². The number of carbonyl (C=O) groups is 1. The predicted octanol–water partition coefficient (Wildman–Crippen LogP) is 6.08. The third kappa shape index (κ3) is 4.75. The van der Waals surface area contributed by atoms with Crippen molar-refractivity contribution in [2.75, 3.05) is 11.1 Å². The highest BCUT2D eigenvalue weighted by molar-refractivity contribution is 9.10. The number of nitrogens with two attached hydrogens (primary N) is 1. The zero-order valence-corrected chi connectivity index (χ0v) is 22.4. The number of amides is 1. The van der Waals surface area contributed by atoms with Crippen molar-refractivity contribution in [3.05, 3.63) is 54.8 Å². The van der Waals surface area contributed by atoms with Crippen LogP contribution in [0.5, 0.6) is 0 Å². The Balaban J connectivity index is 1.35. The number of anilines is 2. The van der Waals surface area contributed by atoms with E-state index in [-0.39, 0.29) is 56.5 Å². The van der Waals surface area contributed by atoms with Gasteiger partial charge in [0.05, 0.1) is 15.6 Å². The molecule has 198 valence electrons. The normalized spacial score (nSPS) is 25.5. The van der Waals surface area contributed by atoms with Crippen LogP contribution in [0.1, 0.15) is 57.5 Å². The number of nitrogens with one attached hydrogen (secondary N) is 1. The standard InChI is InChI=1S/C23H21BrClF4N5O2S/c1-34-19(30)15(20(35)31-12-2-3-14(26)13(25)6-12)16(33-34)9-4-10-7-22(36,8-11(10)5-9)17-18(24)32-21(37-17)23(27,28)29/h2-3,6,9-11,36H,4-5,7-8,30H2,1H3,(H,31,35). The van der Waals surface area contributed by atoms with Crippen LogP contribution in [0.2, 0.25) is 5.02 Å². The molecule has 1 aromatic carbocycles. The van der Waals surface area contributed by atoms with Crippen molar-refractivity contribution in [2.24, 2.45) is 18.9 Å². The first-order valence-corrected chi connectivity index (χ1v) is 13.3. The Kier molecular flexibility index (Phi) is 6.57. The summed E-state index contributed by atoms with van der Waals surface area (Å²) in [4.78, 5) is 16.9. The summed E-state index contributed by atoms with van der Waals surface area (Å²) in [6.07, 6.45) is -2.84. The second-order valence-corrected chi connectivity index (χ2v) is 11.8. The van der Waals surface area contributed by atoms with Crippen molar-refractivity contribution in [1.82, 2.24) is 14.8 Å². The van der Waals surface area contributed by atoms with Gasteiger partial charge in [0, 0.05) is 18.7 Å². The monoisotopic (exact) mass is 621 g/mol. The number of thiazole rings is 1. The molecule has 3 aromatic rings. The number of rotatable bonds is 4. The van der Waals surface area contributed by atoms with Crippen LogP contribution in [0, 0.1) is 17.7 Å². The van der Waals surface area contributed by atoms with Gasteiger partial charge in [-0.2, -0.15) is 18.3 Å². The van der Waals surface area contributed by atoms with E-state index in [1.54, 1.807) is 7.05 Å². The third-order valence-corrected chi connectivity index (χ3v) is 9.62. The molecule has 0 aliphatic heterocycles. The van der Waals surface area contributed by atoms with Gasteiger partial charge in [0.15, 0.2) is 5.01 Å². The molecule has 2 aliphatic carbocycles. The summed E-state index contributed by atoms with van der Waals surface area (Å²) in [5.41, 5.74) is 5.79. The van der Waals surface area contributed by atoms with E-state index >= 15 is 0 Å². The zero-order valence-electron chi connectivity index (χ0n) is 19.2. The number of aliphatic hydroxyl groups is 1. The summed E-state index contributed by atoms with van der Waals surface area (Å²) >= 11 is 9.37. The highest BCUT2D eigenvalue weighted by Crippen LogP contribution is 2.59. The minimum absolute atomic E-state index is 0.0150. The van der Waals surface area contributed by atoms with Crippen molar-refractivity contribution in [1.29, 1.82) is 0 Å². The lowest BCUT2D eigenvalue weighted by Crippen LogP contribution is -2.22. The first-order chi connectivity index (χ1) is 17.3. The Morgan fingerprint density at radius 2 is 1.97 bits per heavy atom. The number of alkyl halides is 3. The molecule has 14 heteroatoms. The van der Waals surface area contributed by atoms with Gasteiger partial charge in [-0.15, -0.1) is 11.3 Å². The Morgan fingerprint density at radius 1 is 1.32 bits per heavy atom. The summed E-state index contributed by atoms with van der Waals surface area (Å²) < 4.78 is 54.4. The van der Waals surface area contributed by atoms with E-state index in [2.05, 4.69) is 31.3 Å². The fraction of sp³-hybridized carbons (Fsp3) is 0.435. The maximum absolute atomic E-state index is 13.5. The van der Waals surface area contributed by atoms with E-state index in [9.17, 15) is 27.5 Å². The molecule has 5 rings (SSSR count). The average molecular weight is 623 g/mol. The molecule has 37 heavy (non-hydrogen) atoms. The van der Waals surface area contributed by atoms with E-state index in [4.69, 9.17) is 17.3 Å². The van der Waals surface area contributed by atoms with Crippen LogP contribution in [-0.2, 0) is 18.8 Å². The number of carbonyl (C=O) groups excluding carboxylic acids is 1. The molecule has 7 nitrogen and oxygen atoms in total. The number of benzene rings is 1. The molecule has 2 heterocycles. The van der Waals surface area contributed by atoms with Crippen LogP contribution in [0.4, 0.5) is 29.1 Å². The highest BCUT2D eigenvalue weighted by Gasteiger charge is 2.53. The number of aryl methyl sites for hydroxylation is 1. The molecule has 0 bridgehead atoms. The molecule has 2 saturated carbocycles. The first-order valence-electron chi connectivity index (χ1n) is 11.3. The number of hydrogen-bond acceptors (Lipinski definition) is 6. The molecule has 0 spiro atoms. The van der Waals surface area contributed by atoms with Crippen LogP contribution in [0.25, 0.3) is 0 Å². The van der Waals surface area contributed by atoms with Gasteiger partial charge < -0.3 is 16.2 Å². The van der Waals surface area contributed by atoms with Gasteiger partial charge >= 0.3 is 6.18 Å². The maximum Gasteiger partial charge on any atom is 0.443 e. The Morgan fingerprint density at radius 3 is 2.54 bits per heavy atom. The van der Waals surface area contributed by atoms with Crippen LogP contribution in [0.15, 0.2) is 22.8 Å². The van der Waals surface area contributed by atoms with Crippen molar-refractivity contribution in [3.63, 3.8) is 0 Å². The van der Waals surface area contributed by atoms with E-state index < -0.39 is 28.5 Å². The number of hydrogen-bond donors (Lipinski definition) is 3. The minimum atomic E-state index is -4.59. The zero-order chi connectivity index (χ0) is 26.9. The van der Waals surface area contributed by atoms with Gasteiger partial charge in [-0.25, -0.2) is 9.37 Å². The molecule has 2 atom stereocenters. The summed E-state index contributed by atoms with van der Waals surface area (Å²) in [5, 5.41) is 17.4. The molecule has 0 saturated heterocycles. The Labute approximate surface area is 226 Å². The Bertz CT molecular complexity index is 1380. The number of halogens is 6. The van der Waals surface area contributed by atoms with Gasteiger partial charge in [0.2, 0.25) is 0 Å². The third-order valence-electron chi connectivity index (χ3n) is 7.20. The van der Waals surface area contributed by atoms with Gasteiger partial charge in [-0.3, -0.25) is 9.48 Å². The molecule has 2 aliphatic rings. The smallest absolute Gasteiger partial charge is 0.384 e. The maximum atomic E-state index is 13.5. The number of fused-ring (bicyclic) bond motifs is 1. The molecule has 1 amide bonds. The van der Waals surface area contributed by atoms with E-state index in [0.29, 0.717) is 35.6 Å². The molecule has 2 unspecified atom stereocenters. The largest absolute Gasteiger partial charge is 0.443 e. The van der Waals surface area contributed by atoms with E-state index in [0.717, 1.165) is 6.07 Å². The fourth-order valence-corrected chi connectivity index (χ4v) is 7.65. The summed E-state index contributed by atoms with van der Waals surface area (Å²) in [6.45, 7) is 0. The molecular weight excluding hydrogens is 602 g/mol. The fourth-order valence-electron chi connectivity index (χ4n) is 5.63. The second-order valence-electron chi connectivity index (χ2n) is 9.62. The molecule has 2 fully saturated rings. The number of nitrogen functional groups attached to an aromatic ring is 1. The van der Waals surface area contributed by atoms with Gasteiger partial charge in [0.25, 0.3) is 5.91 Å². The van der Waals surface area contributed by atoms with Gasteiger partial charge in [-0.05, 0) is 71.6 Å². The van der Waals surface area contributed by atoms with Gasteiger partial charge in [-0.1, -0.05) is 11.6 Å². The predicted molar refractivity (Wildman–Crippen MR) is 134 cm³/mol. The first kappa shape index (κ1) is 26.4. The van der Waals surface area contributed by atoms with Crippen molar-refractivity contribution < 1.29 is 27.5 Å². The summed E-state index contributed by atoms with van der Waals surface area (Å²) in [7, 11) is 1.62. The van der Waals surface area contributed by atoms with Crippen molar-refractivity contribution in [2.45, 2.75) is 43.4 Å². The minimum Gasteiger partial charge on any atom is -0.384 e. The molecule has 0 radical (unpaired) electrons. The van der Waals surface area contributed by atoms with Crippen molar-refractivity contribution in [3.8, 4) is 0 Å². The van der Waals surface area contributed by atoms with Crippen LogP contribution in [-0.4, -0.2) is 25.8 Å². The molecule has 4 N–H and O–H groups in total. The summed E-state index contributed by atoms with van der Waals surface area (Å²) in [6, 6.07) is 3.82. The molecular formula is C23H21BrClF4N5O2S. The SMILES string of the molecule is Cn1nc(C2CC3CC(O)(c4sc(C(F)(F)F)nc4Br)CC3C2)c(C(=O)Nc2ccc(F)c(Cl)c2)c1N. The molecule has 2 aromatic heterocycles. The van der Waals surface area contributed by atoms with Crippen LogP contribution in [0.3, 0.4) is 0 Å². The second kappa shape index (κ2) is 9.21. The van der Waals surface area contributed by atoms with Crippen LogP contribution < -0.4 is 11.1 Å². The van der Waals surface area contributed by atoms with Crippen LogP contribution >= 0.6 is 38.9 Å². The summed E-state index contributed by atoms with van der Waals surface area (Å²) in [5.74, 6) is -1.04.